The molecule has 0 N–H and O–H groups in total. The summed E-state index contributed by atoms with van der Waals surface area (Å²) in [5.41, 5.74) is 0.982. The van der Waals surface area contributed by atoms with Crippen LogP contribution in [0.5, 0.6) is 0 Å². The van der Waals surface area contributed by atoms with Gasteiger partial charge >= 0.3 is 0 Å². The third kappa shape index (κ3) is 3.66. The molecule has 1 heterocycles. The Bertz CT molecular complexity index is 531. The predicted molar refractivity (Wildman–Crippen MR) is 91.3 cm³/mol. The van der Waals surface area contributed by atoms with Crippen molar-refractivity contribution in [3.63, 3.8) is 0 Å². The number of halogens is 2. The maximum atomic E-state index is 12.9. The molecule has 3 nitrogen and oxygen atoms in total. The highest BCUT2D eigenvalue weighted by Crippen LogP contribution is 2.35. The van der Waals surface area contributed by atoms with Crippen LogP contribution in [0.1, 0.15) is 37.7 Å². The van der Waals surface area contributed by atoms with E-state index in [0.29, 0.717) is 16.1 Å². The van der Waals surface area contributed by atoms with Crippen molar-refractivity contribution in [2.45, 2.75) is 49.3 Å². The molecule has 0 radical (unpaired) electrons. The second-order valence-electron chi connectivity index (χ2n) is 5.12. The van der Waals surface area contributed by atoms with Gasteiger partial charge in [0, 0.05) is 17.9 Å². The smallest absolute Gasteiger partial charge is 0.206 e. The summed E-state index contributed by atoms with van der Waals surface area (Å²) in [6, 6.07) is 1.93. The number of aryl methyl sites for hydroxylation is 1. The third-order valence-corrected chi connectivity index (χ3v) is 8.58. The van der Waals surface area contributed by atoms with Crippen molar-refractivity contribution in [1.29, 1.82) is 0 Å². The van der Waals surface area contributed by atoms with E-state index in [4.69, 9.17) is 0 Å². The first-order chi connectivity index (χ1) is 9.46. The van der Waals surface area contributed by atoms with Gasteiger partial charge in [-0.25, -0.2) is 8.42 Å². The first kappa shape index (κ1) is 16.9. The molecule has 0 amide bonds. The molecule has 0 bridgehead atoms. The lowest BCUT2D eigenvalue weighted by Crippen LogP contribution is -2.42. The Labute approximate surface area is 142 Å². The second-order valence-corrected chi connectivity index (χ2v) is 10.4. The topological polar surface area (TPSA) is 37.4 Å². The van der Waals surface area contributed by atoms with Gasteiger partial charge in [0.15, 0.2) is 0 Å². The monoisotopic (exact) mass is 443 g/mol. The lowest BCUT2D eigenvalue weighted by atomic mass is 9.95. The van der Waals surface area contributed by atoms with Gasteiger partial charge < -0.3 is 0 Å². The molecule has 114 valence electrons. The Balaban J connectivity index is 2.31. The van der Waals surface area contributed by atoms with Gasteiger partial charge in [0.05, 0.1) is 3.79 Å². The van der Waals surface area contributed by atoms with Gasteiger partial charge in [0.25, 0.3) is 10.0 Å². The van der Waals surface area contributed by atoms with Crippen LogP contribution in [-0.2, 0) is 10.0 Å². The summed E-state index contributed by atoms with van der Waals surface area (Å²) >= 11 is 8.12. The van der Waals surface area contributed by atoms with E-state index in [9.17, 15) is 8.42 Å². The summed E-state index contributed by atoms with van der Waals surface area (Å²) in [6.45, 7) is 2.47. The minimum absolute atomic E-state index is 0.160. The van der Waals surface area contributed by atoms with Crippen molar-refractivity contribution in [1.82, 2.24) is 4.31 Å². The molecule has 2 rings (SSSR count). The number of hydrogen-bond acceptors (Lipinski definition) is 3. The summed E-state index contributed by atoms with van der Waals surface area (Å²) in [5.74, 6) is 0. The highest BCUT2D eigenvalue weighted by atomic mass is 79.9. The highest BCUT2D eigenvalue weighted by molar-refractivity contribution is 9.11. The lowest BCUT2D eigenvalue weighted by molar-refractivity contribution is 0.263. The van der Waals surface area contributed by atoms with E-state index in [2.05, 4.69) is 31.9 Å². The van der Waals surface area contributed by atoms with E-state index in [1.54, 1.807) is 10.4 Å². The number of rotatable bonds is 5. The molecule has 0 aromatic carbocycles. The van der Waals surface area contributed by atoms with Crippen molar-refractivity contribution < 1.29 is 8.42 Å². The highest BCUT2D eigenvalue weighted by Gasteiger charge is 2.33. The van der Waals surface area contributed by atoms with E-state index in [0.717, 1.165) is 35.0 Å². The molecule has 1 fully saturated rings. The molecule has 1 aliphatic rings. The minimum Gasteiger partial charge on any atom is -0.206 e. The van der Waals surface area contributed by atoms with Gasteiger partial charge in [-0.1, -0.05) is 35.2 Å². The van der Waals surface area contributed by atoms with Gasteiger partial charge in [-0.3, -0.25) is 0 Å². The number of sulfonamides is 1. The fourth-order valence-electron chi connectivity index (χ4n) is 2.63. The average molecular weight is 445 g/mol. The fraction of sp³-hybridized carbons (Fsp3) is 0.692. The zero-order valence-electron chi connectivity index (χ0n) is 11.4. The van der Waals surface area contributed by atoms with Crippen LogP contribution in [0.15, 0.2) is 14.1 Å². The van der Waals surface area contributed by atoms with Crippen LogP contribution < -0.4 is 0 Å². The van der Waals surface area contributed by atoms with Crippen molar-refractivity contribution in [2.75, 3.05) is 11.9 Å². The van der Waals surface area contributed by atoms with Crippen molar-refractivity contribution in [3.05, 3.63) is 15.4 Å². The largest absolute Gasteiger partial charge is 0.252 e. The molecule has 0 saturated heterocycles. The number of hydrogen-bond donors (Lipinski definition) is 0. The van der Waals surface area contributed by atoms with Crippen molar-refractivity contribution >= 4 is 53.2 Å². The van der Waals surface area contributed by atoms with Gasteiger partial charge in [-0.15, -0.1) is 11.3 Å². The first-order valence-corrected chi connectivity index (χ1v) is 11.0. The zero-order valence-corrected chi connectivity index (χ0v) is 16.2. The van der Waals surface area contributed by atoms with Gasteiger partial charge in [-0.05, 0) is 47.3 Å². The SMILES string of the molecule is Cc1cc(S(=O)(=O)N(CCBr)C2CCCCC2)sc1Br. The van der Waals surface area contributed by atoms with Crippen LogP contribution in [0.25, 0.3) is 0 Å². The molecule has 1 aromatic rings. The molecule has 0 atom stereocenters. The van der Waals surface area contributed by atoms with Crippen LogP contribution in [0.4, 0.5) is 0 Å². The van der Waals surface area contributed by atoms with Crippen LogP contribution in [0.2, 0.25) is 0 Å². The molecule has 1 aromatic heterocycles. The normalized spacial score (nSPS) is 17.8. The van der Waals surface area contributed by atoms with E-state index in [1.807, 2.05) is 6.92 Å². The van der Waals surface area contributed by atoms with E-state index < -0.39 is 10.0 Å². The van der Waals surface area contributed by atoms with Crippen LogP contribution in [0, 0.1) is 6.92 Å². The maximum Gasteiger partial charge on any atom is 0.252 e. The molecule has 0 unspecified atom stereocenters. The second kappa shape index (κ2) is 7.22. The summed E-state index contributed by atoms with van der Waals surface area (Å²) < 4.78 is 28.8. The standard InChI is InChI=1S/C13H19Br2NO2S2/c1-10-9-12(19-13(10)15)20(17,18)16(8-7-14)11-5-3-2-4-6-11/h9,11H,2-8H2,1H3. The predicted octanol–water partition coefficient (Wildman–Crippen LogP) is 4.54. The van der Waals surface area contributed by atoms with Crippen LogP contribution in [-0.4, -0.2) is 30.6 Å². The molecular formula is C13H19Br2NO2S2. The first-order valence-electron chi connectivity index (χ1n) is 6.80. The minimum atomic E-state index is -3.37. The molecular weight excluding hydrogens is 426 g/mol. The number of alkyl halides is 1. The zero-order chi connectivity index (χ0) is 14.8. The molecule has 0 spiro atoms. The molecule has 20 heavy (non-hydrogen) atoms. The lowest BCUT2D eigenvalue weighted by Gasteiger charge is -2.32. The van der Waals surface area contributed by atoms with Gasteiger partial charge in [0.2, 0.25) is 0 Å². The Kier molecular flexibility index (Phi) is 6.11. The van der Waals surface area contributed by atoms with Crippen molar-refractivity contribution in [2.24, 2.45) is 0 Å². The van der Waals surface area contributed by atoms with E-state index >= 15 is 0 Å². The number of nitrogens with zero attached hydrogens (tertiary/aromatic N) is 1. The maximum absolute atomic E-state index is 12.9. The summed E-state index contributed by atoms with van der Waals surface area (Å²) in [6.07, 6.45) is 5.45. The molecule has 7 heteroatoms. The van der Waals surface area contributed by atoms with E-state index in [1.165, 1.54) is 17.8 Å². The Morgan fingerprint density at radius 3 is 2.50 bits per heavy atom. The molecule has 0 aliphatic heterocycles. The molecule has 1 aliphatic carbocycles. The Morgan fingerprint density at radius 1 is 1.35 bits per heavy atom. The Hall–Kier alpha value is 0.570. The van der Waals surface area contributed by atoms with Crippen LogP contribution >= 0.6 is 43.2 Å². The summed E-state index contributed by atoms with van der Waals surface area (Å²) in [4.78, 5) is 0. The fourth-order valence-corrected chi connectivity index (χ4v) is 7.28. The van der Waals surface area contributed by atoms with Gasteiger partial charge in [0.1, 0.15) is 4.21 Å². The van der Waals surface area contributed by atoms with Gasteiger partial charge in [-0.2, -0.15) is 4.31 Å². The van der Waals surface area contributed by atoms with Crippen molar-refractivity contribution in [3.8, 4) is 0 Å². The van der Waals surface area contributed by atoms with Crippen LogP contribution in [0.3, 0.4) is 0 Å². The van der Waals surface area contributed by atoms with E-state index in [-0.39, 0.29) is 6.04 Å². The summed E-state index contributed by atoms with van der Waals surface area (Å²) in [5, 5.41) is 0.675. The number of thiophene rings is 1. The third-order valence-electron chi connectivity index (χ3n) is 3.68. The quantitative estimate of drug-likeness (QED) is 0.625. The molecule has 1 saturated carbocycles. The average Bonchev–Trinajstić information content (AvgIpc) is 2.77. The summed E-state index contributed by atoms with van der Waals surface area (Å²) in [7, 11) is -3.37. The Morgan fingerprint density at radius 2 is 2.00 bits per heavy atom.